The molecule has 2 heterocycles. The van der Waals surface area contributed by atoms with E-state index >= 15 is 0 Å². The number of nitrogens with zero attached hydrogens (tertiary/aromatic N) is 2. The highest BCUT2D eigenvalue weighted by Gasteiger charge is 2.44. The van der Waals surface area contributed by atoms with Gasteiger partial charge in [0.1, 0.15) is 11.2 Å². The highest BCUT2D eigenvalue weighted by Crippen LogP contribution is 2.49. The Morgan fingerprint density at radius 2 is 1.86 bits per heavy atom. The third kappa shape index (κ3) is 3.96. The number of carboxylic acids is 1. The Hall–Kier alpha value is -4.26. The first kappa shape index (κ1) is 22.2. The van der Waals surface area contributed by atoms with Crippen molar-refractivity contribution in [1.82, 2.24) is 14.9 Å². The fourth-order valence-electron chi connectivity index (χ4n) is 4.93. The Balaban J connectivity index is 1.41. The summed E-state index contributed by atoms with van der Waals surface area (Å²) in [6, 6.07) is 17.6. The van der Waals surface area contributed by atoms with Crippen molar-refractivity contribution in [2.24, 2.45) is 5.92 Å². The molecule has 0 radical (unpaired) electrons. The van der Waals surface area contributed by atoms with Gasteiger partial charge in [0.2, 0.25) is 5.43 Å². The van der Waals surface area contributed by atoms with E-state index in [0.717, 1.165) is 40.8 Å². The molecule has 2 atom stereocenters. The second kappa shape index (κ2) is 8.45. The number of aromatic nitrogens is 2. The third-order valence-electron chi connectivity index (χ3n) is 7.15. The van der Waals surface area contributed by atoms with E-state index < -0.39 is 5.97 Å². The van der Waals surface area contributed by atoms with Crippen LogP contribution in [0.4, 0.5) is 0 Å². The topological polar surface area (TPSA) is 101 Å². The lowest BCUT2D eigenvalue weighted by Crippen LogP contribution is -2.31. The van der Waals surface area contributed by atoms with Gasteiger partial charge in [0.25, 0.3) is 5.91 Å². The van der Waals surface area contributed by atoms with Gasteiger partial charge in [0.05, 0.1) is 11.3 Å². The SMILES string of the molecule is Cc1cc(-c2cccc(-n3cc(C(=O)NC4CC4)c(=O)c4cccnc43)c2)ccc1C1CC1C(=O)O. The minimum atomic E-state index is -0.733. The number of benzene rings is 2. The number of fused-ring (bicyclic) bond motifs is 1. The predicted octanol–water partition coefficient (Wildman–Crippen LogP) is 4.44. The fourth-order valence-corrected chi connectivity index (χ4v) is 4.93. The lowest BCUT2D eigenvalue weighted by molar-refractivity contribution is -0.138. The van der Waals surface area contributed by atoms with E-state index in [0.29, 0.717) is 17.5 Å². The average Bonchev–Trinajstić information content (AvgIpc) is 3.80. The number of rotatable bonds is 6. The van der Waals surface area contributed by atoms with E-state index in [1.54, 1.807) is 29.1 Å². The molecule has 2 saturated carbocycles. The van der Waals surface area contributed by atoms with Crippen LogP contribution in [0.15, 0.2) is 71.8 Å². The zero-order valence-electron chi connectivity index (χ0n) is 19.8. The van der Waals surface area contributed by atoms with Gasteiger partial charge in [-0.15, -0.1) is 0 Å². The zero-order chi connectivity index (χ0) is 25.0. The maximum atomic E-state index is 13.1. The maximum absolute atomic E-state index is 13.1. The number of hydrogen-bond acceptors (Lipinski definition) is 4. The monoisotopic (exact) mass is 479 g/mol. The van der Waals surface area contributed by atoms with Crippen molar-refractivity contribution in [2.45, 2.75) is 38.1 Å². The molecular weight excluding hydrogens is 454 g/mol. The number of carboxylic acid groups (broad SMARTS) is 1. The Labute approximate surface area is 207 Å². The van der Waals surface area contributed by atoms with Crippen LogP contribution in [-0.4, -0.2) is 32.6 Å². The van der Waals surface area contributed by atoms with Gasteiger partial charge in [-0.25, -0.2) is 4.98 Å². The van der Waals surface area contributed by atoms with Crippen molar-refractivity contribution in [3.05, 3.63) is 93.9 Å². The van der Waals surface area contributed by atoms with Crippen molar-refractivity contribution in [2.75, 3.05) is 0 Å². The standard InChI is InChI=1S/C29H25N3O4/c1-16-12-18(7-10-21(16)23-14-24(23)29(35)36)17-4-2-5-20(13-17)32-15-25(28(34)31-19-8-9-19)26(33)22-6-3-11-30-27(22)32/h2-7,10-13,15,19,23-24H,8-9,14H2,1H3,(H,31,34)(H,35,36). The third-order valence-corrected chi connectivity index (χ3v) is 7.15. The molecule has 4 aromatic rings. The van der Waals surface area contributed by atoms with Crippen LogP contribution in [0.5, 0.6) is 0 Å². The Morgan fingerprint density at radius 3 is 2.58 bits per heavy atom. The summed E-state index contributed by atoms with van der Waals surface area (Å²) in [5.41, 5.74) is 5.19. The quantitative estimate of drug-likeness (QED) is 0.426. The van der Waals surface area contributed by atoms with Gasteiger partial charge in [0.15, 0.2) is 0 Å². The molecule has 0 aliphatic heterocycles. The number of pyridine rings is 2. The van der Waals surface area contributed by atoms with Gasteiger partial charge in [-0.05, 0) is 78.6 Å². The molecule has 2 aromatic heterocycles. The molecule has 180 valence electrons. The van der Waals surface area contributed by atoms with Crippen LogP contribution >= 0.6 is 0 Å². The van der Waals surface area contributed by atoms with E-state index in [-0.39, 0.29) is 34.8 Å². The van der Waals surface area contributed by atoms with Gasteiger partial charge in [-0.3, -0.25) is 14.4 Å². The molecule has 2 unspecified atom stereocenters. The molecule has 0 spiro atoms. The van der Waals surface area contributed by atoms with Crippen molar-refractivity contribution >= 4 is 22.9 Å². The highest BCUT2D eigenvalue weighted by atomic mass is 16.4. The van der Waals surface area contributed by atoms with Gasteiger partial charge >= 0.3 is 5.97 Å². The number of carbonyl (C=O) groups excluding carboxylic acids is 1. The number of nitrogens with one attached hydrogen (secondary N) is 1. The first-order chi connectivity index (χ1) is 17.4. The Morgan fingerprint density at radius 1 is 1.06 bits per heavy atom. The number of aliphatic carboxylic acids is 1. The lowest BCUT2D eigenvalue weighted by atomic mass is 9.96. The van der Waals surface area contributed by atoms with E-state index in [2.05, 4.69) is 16.4 Å². The van der Waals surface area contributed by atoms with E-state index in [9.17, 15) is 19.5 Å². The molecule has 7 nitrogen and oxygen atoms in total. The number of amides is 1. The Kier molecular flexibility index (Phi) is 5.21. The number of aryl methyl sites for hydroxylation is 1. The molecule has 0 bridgehead atoms. The largest absolute Gasteiger partial charge is 0.481 e. The average molecular weight is 480 g/mol. The summed E-state index contributed by atoms with van der Waals surface area (Å²) in [7, 11) is 0. The van der Waals surface area contributed by atoms with Gasteiger partial charge in [0, 0.05) is 24.1 Å². The van der Waals surface area contributed by atoms with Gasteiger partial charge < -0.3 is 15.0 Å². The summed E-state index contributed by atoms with van der Waals surface area (Å²) in [5, 5.41) is 12.6. The van der Waals surface area contributed by atoms with Gasteiger partial charge in [-0.1, -0.05) is 30.3 Å². The predicted molar refractivity (Wildman–Crippen MR) is 136 cm³/mol. The molecular formula is C29H25N3O4. The Bertz CT molecular complexity index is 1600. The number of carbonyl (C=O) groups is 2. The summed E-state index contributed by atoms with van der Waals surface area (Å²) < 4.78 is 1.80. The molecule has 2 N–H and O–H groups in total. The van der Waals surface area contributed by atoms with Crippen LogP contribution in [0.3, 0.4) is 0 Å². The van der Waals surface area contributed by atoms with Crippen LogP contribution in [0.25, 0.3) is 27.8 Å². The van der Waals surface area contributed by atoms with Crippen molar-refractivity contribution in [3.8, 4) is 16.8 Å². The van der Waals surface area contributed by atoms with Crippen molar-refractivity contribution < 1.29 is 14.7 Å². The van der Waals surface area contributed by atoms with E-state index in [1.807, 2.05) is 43.3 Å². The minimum absolute atomic E-state index is 0.0849. The lowest BCUT2D eigenvalue weighted by Gasteiger charge is -2.14. The smallest absolute Gasteiger partial charge is 0.307 e. The highest BCUT2D eigenvalue weighted by molar-refractivity contribution is 5.97. The molecule has 36 heavy (non-hydrogen) atoms. The van der Waals surface area contributed by atoms with Crippen LogP contribution in [0.1, 0.15) is 46.7 Å². The molecule has 6 rings (SSSR count). The second-order valence-corrected chi connectivity index (χ2v) is 9.77. The van der Waals surface area contributed by atoms with Gasteiger partial charge in [-0.2, -0.15) is 0 Å². The molecule has 7 heteroatoms. The van der Waals surface area contributed by atoms with Crippen molar-refractivity contribution in [1.29, 1.82) is 0 Å². The first-order valence-electron chi connectivity index (χ1n) is 12.2. The summed E-state index contributed by atoms with van der Waals surface area (Å²) in [6.45, 7) is 2.02. The zero-order valence-corrected chi connectivity index (χ0v) is 19.8. The molecule has 1 amide bonds. The van der Waals surface area contributed by atoms with E-state index in [4.69, 9.17) is 0 Å². The van der Waals surface area contributed by atoms with Crippen LogP contribution in [0.2, 0.25) is 0 Å². The van der Waals surface area contributed by atoms with Crippen LogP contribution < -0.4 is 10.7 Å². The molecule has 2 aliphatic rings. The fraction of sp³-hybridized carbons (Fsp3) is 0.241. The molecule has 2 fully saturated rings. The molecule has 0 saturated heterocycles. The second-order valence-electron chi connectivity index (χ2n) is 9.77. The summed E-state index contributed by atoms with van der Waals surface area (Å²) in [4.78, 5) is 41.7. The van der Waals surface area contributed by atoms with Crippen LogP contribution in [-0.2, 0) is 4.79 Å². The summed E-state index contributed by atoms with van der Waals surface area (Å²) >= 11 is 0. The normalized spacial score (nSPS) is 18.7. The molecule has 2 aliphatic carbocycles. The van der Waals surface area contributed by atoms with Crippen molar-refractivity contribution in [3.63, 3.8) is 0 Å². The maximum Gasteiger partial charge on any atom is 0.307 e. The van der Waals surface area contributed by atoms with E-state index in [1.165, 1.54) is 0 Å². The summed E-state index contributed by atoms with van der Waals surface area (Å²) in [5.74, 6) is -1.29. The molecule has 2 aromatic carbocycles. The summed E-state index contributed by atoms with van der Waals surface area (Å²) in [6.07, 6.45) is 5.78. The number of hydrogen-bond donors (Lipinski definition) is 2. The van der Waals surface area contributed by atoms with Crippen LogP contribution in [0, 0.1) is 12.8 Å². The minimum Gasteiger partial charge on any atom is -0.481 e. The first-order valence-corrected chi connectivity index (χ1v) is 12.2.